The van der Waals surface area contributed by atoms with Crippen molar-refractivity contribution in [2.45, 2.75) is 25.7 Å². The SMILES string of the molecule is COc1cc(OC)cc(C(=O)Nc2nc3c(s2)CCC3C(=O)Nc2ccc(Br)cc2C)c1. The van der Waals surface area contributed by atoms with Crippen molar-refractivity contribution in [1.82, 2.24) is 4.98 Å². The summed E-state index contributed by atoms with van der Waals surface area (Å²) in [7, 11) is 3.06. The summed E-state index contributed by atoms with van der Waals surface area (Å²) in [4.78, 5) is 31.3. The number of aryl methyl sites for hydroxylation is 2. The van der Waals surface area contributed by atoms with Gasteiger partial charge >= 0.3 is 0 Å². The summed E-state index contributed by atoms with van der Waals surface area (Å²) in [6, 6.07) is 10.7. The summed E-state index contributed by atoms with van der Waals surface area (Å²) in [6.07, 6.45) is 1.46. The maximum atomic E-state index is 12.9. The first-order valence-corrected chi connectivity index (χ1v) is 11.6. The van der Waals surface area contributed by atoms with E-state index in [9.17, 15) is 9.59 Å². The third kappa shape index (κ3) is 4.63. The molecule has 0 radical (unpaired) electrons. The summed E-state index contributed by atoms with van der Waals surface area (Å²) >= 11 is 4.84. The number of amides is 2. The third-order valence-corrected chi connectivity index (χ3v) is 6.85. The number of methoxy groups -OCH3 is 2. The van der Waals surface area contributed by atoms with Crippen LogP contribution in [0.2, 0.25) is 0 Å². The predicted octanol–water partition coefficient (Wildman–Crippen LogP) is 5.15. The second-order valence-electron chi connectivity index (χ2n) is 7.42. The zero-order valence-electron chi connectivity index (χ0n) is 17.8. The Labute approximate surface area is 198 Å². The number of benzene rings is 2. The van der Waals surface area contributed by atoms with Crippen LogP contribution >= 0.6 is 27.3 Å². The molecule has 0 saturated heterocycles. The van der Waals surface area contributed by atoms with Crippen LogP contribution in [0.25, 0.3) is 0 Å². The van der Waals surface area contributed by atoms with E-state index in [-0.39, 0.29) is 17.7 Å². The average Bonchev–Trinajstić information content (AvgIpc) is 3.35. The minimum absolute atomic E-state index is 0.0881. The number of rotatable bonds is 6. The van der Waals surface area contributed by atoms with Crippen LogP contribution in [0.5, 0.6) is 11.5 Å². The van der Waals surface area contributed by atoms with E-state index in [0.29, 0.717) is 28.6 Å². The van der Waals surface area contributed by atoms with Crippen molar-refractivity contribution in [2.75, 3.05) is 24.9 Å². The Hall–Kier alpha value is -2.91. The van der Waals surface area contributed by atoms with Crippen LogP contribution in [0.4, 0.5) is 10.8 Å². The van der Waals surface area contributed by atoms with E-state index in [1.165, 1.54) is 25.6 Å². The minimum Gasteiger partial charge on any atom is -0.497 e. The molecular weight excluding hydrogens is 494 g/mol. The van der Waals surface area contributed by atoms with E-state index >= 15 is 0 Å². The van der Waals surface area contributed by atoms with Gasteiger partial charge in [0.25, 0.3) is 5.91 Å². The largest absolute Gasteiger partial charge is 0.497 e. The zero-order chi connectivity index (χ0) is 22.8. The maximum absolute atomic E-state index is 12.9. The van der Waals surface area contributed by atoms with Crippen LogP contribution in [0.15, 0.2) is 40.9 Å². The monoisotopic (exact) mass is 515 g/mol. The van der Waals surface area contributed by atoms with E-state index in [0.717, 1.165) is 32.7 Å². The maximum Gasteiger partial charge on any atom is 0.257 e. The normalized spacial score (nSPS) is 14.6. The van der Waals surface area contributed by atoms with Gasteiger partial charge in [-0.2, -0.15) is 0 Å². The Morgan fingerprint density at radius 3 is 2.47 bits per heavy atom. The topological polar surface area (TPSA) is 89.6 Å². The third-order valence-electron chi connectivity index (χ3n) is 5.31. The Kier molecular flexibility index (Phi) is 6.48. The molecule has 1 aliphatic rings. The molecule has 3 aromatic rings. The number of halogens is 1. The fourth-order valence-electron chi connectivity index (χ4n) is 3.63. The molecular formula is C23H22BrN3O4S. The van der Waals surface area contributed by atoms with Gasteiger partial charge in [-0.15, -0.1) is 11.3 Å². The van der Waals surface area contributed by atoms with Crippen LogP contribution in [0, 0.1) is 6.92 Å². The molecule has 4 rings (SSSR count). The van der Waals surface area contributed by atoms with Gasteiger partial charge in [-0.25, -0.2) is 4.98 Å². The van der Waals surface area contributed by atoms with Crippen LogP contribution in [-0.4, -0.2) is 31.0 Å². The highest BCUT2D eigenvalue weighted by Gasteiger charge is 2.33. The van der Waals surface area contributed by atoms with Gasteiger partial charge < -0.3 is 14.8 Å². The molecule has 0 fully saturated rings. The summed E-state index contributed by atoms with van der Waals surface area (Å²) in [5.74, 6) is 0.301. The van der Waals surface area contributed by atoms with E-state index in [1.807, 2.05) is 25.1 Å². The number of fused-ring (bicyclic) bond motifs is 1. The van der Waals surface area contributed by atoms with Gasteiger partial charge in [0, 0.05) is 26.7 Å². The van der Waals surface area contributed by atoms with Crippen molar-refractivity contribution >= 4 is 49.9 Å². The van der Waals surface area contributed by atoms with Gasteiger partial charge in [0.15, 0.2) is 5.13 Å². The summed E-state index contributed by atoms with van der Waals surface area (Å²) in [5.41, 5.74) is 2.89. The number of aromatic nitrogens is 1. The van der Waals surface area contributed by atoms with Gasteiger partial charge in [-0.3, -0.25) is 14.9 Å². The molecule has 0 aliphatic heterocycles. The standard InChI is InChI=1S/C23H22BrN3O4S/c1-12-8-14(24)4-6-18(12)25-22(29)17-5-7-19-20(17)26-23(32-19)27-21(28)13-9-15(30-2)11-16(10-13)31-3/h4,6,8-11,17H,5,7H2,1-3H3,(H,25,29)(H,26,27,28). The van der Waals surface area contributed by atoms with Crippen LogP contribution < -0.4 is 20.1 Å². The molecule has 0 saturated carbocycles. The second-order valence-corrected chi connectivity index (χ2v) is 9.42. The molecule has 2 N–H and O–H groups in total. The molecule has 9 heteroatoms. The molecule has 0 bridgehead atoms. The summed E-state index contributed by atoms with van der Waals surface area (Å²) in [6.45, 7) is 1.95. The fraction of sp³-hybridized carbons (Fsp3) is 0.261. The van der Waals surface area contributed by atoms with E-state index in [1.54, 1.807) is 18.2 Å². The molecule has 1 atom stereocenters. The molecule has 1 unspecified atom stereocenters. The summed E-state index contributed by atoms with van der Waals surface area (Å²) in [5, 5.41) is 6.32. The Morgan fingerprint density at radius 1 is 1.09 bits per heavy atom. The molecule has 1 aromatic heterocycles. The molecule has 32 heavy (non-hydrogen) atoms. The predicted molar refractivity (Wildman–Crippen MR) is 128 cm³/mol. The van der Waals surface area contributed by atoms with Crippen molar-refractivity contribution in [3.05, 3.63) is 62.6 Å². The molecule has 1 heterocycles. The molecule has 7 nitrogen and oxygen atoms in total. The minimum atomic E-state index is -0.341. The van der Waals surface area contributed by atoms with Crippen molar-refractivity contribution in [3.63, 3.8) is 0 Å². The molecule has 1 aliphatic carbocycles. The van der Waals surface area contributed by atoms with Crippen molar-refractivity contribution < 1.29 is 19.1 Å². The highest BCUT2D eigenvalue weighted by Crippen LogP contribution is 2.39. The summed E-state index contributed by atoms with van der Waals surface area (Å²) < 4.78 is 11.4. The smallest absolute Gasteiger partial charge is 0.257 e. The van der Waals surface area contributed by atoms with Gasteiger partial charge in [0.05, 0.1) is 25.8 Å². The number of thiazole rings is 1. The van der Waals surface area contributed by atoms with Crippen molar-refractivity contribution in [1.29, 1.82) is 0 Å². The number of ether oxygens (including phenoxy) is 2. The number of hydrogen-bond acceptors (Lipinski definition) is 6. The van der Waals surface area contributed by atoms with Crippen LogP contribution in [0.1, 0.15) is 38.8 Å². The first kappa shape index (κ1) is 22.3. The lowest BCUT2D eigenvalue weighted by Gasteiger charge is -2.13. The molecule has 0 spiro atoms. The average molecular weight is 516 g/mol. The first-order chi connectivity index (χ1) is 15.4. The van der Waals surface area contributed by atoms with Gasteiger partial charge in [-0.05, 0) is 55.7 Å². The van der Waals surface area contributed by atoms with Crippen molar-refractivity contribution in [2.24, 2.45) is 0 Å². The molecule has 2 aromatic carbocycles. The number of carbonyl (C=O) groups is 2. The number of nitrogens with zero attached hydrogens (tertiary/aromatic N) is 1. The number of hydrogen-bond donors (Lipinski definition) is 2. The van der Waals surface area contributed by atoms with Gasteiger partial charge in [-0.1, -0.05) is 15.9 Å². The Balaban J connectivity index is 1.49. The zero-order valence-corrected chi connectivity index (χ0v) is 20.2. The highest BCUT2D eigenvalue weighted by atomic mass is 79.9. The number of anilines is 2. The fourth-order valence-corrected chi connectivity index (χ4v) is 5.14. The second kappa shape index (κ2) is 9.30. The molecule has 166 valence electrons. The van der Waals surface area contributed by atoms with Gasteiger partial charge in [0.2, 0.25) is 5.91 Å². The lowest BCUT2D eigenvalue weighted by molar-refractivity contribution is -0.117. The lowest BCUT2D eigenvalue weighted by atomic mass is 10.1. The van der Waals surface area contributed by atoms with Crippen molar-refractivity contribution in [3.8, 4) is 11.5 Å². The van der Waals surface area contributed by atoms with Crippen LogP contribution in [-0.2, 0) is 11.2 Å². The van der Waals surface area contributed by atoms with E-state index < -0.39 is 0 Å². The number of nitrogens with one attached hydrogen (secondary N) is 2. The Bertz CT molecular complexity index is 1170. The van der Waals surface area contributed by atoms with E-state index in [4.69, 9.17) is 9.47 Å². The highest BCUT2D eigenvalue weighted by molar-refractivity contribution is 9.10. The van der Waals surface area contributed by atoms with Crippen LogP contribution in [0.3, 0.4) is 0 Å². The van der Waals surface area contributed by atoms with E-state index in [2.05, 4.69) is 31.5 Å². The molecule has 2 amide bonds. The first-order valence-electron chi connectivity index (χ1n) is 9.99. The number of carbonyl (C=O) groups excluding carboxylic acids is 2. The quantitative estimate of drug-likeness (QED) is 0.473. The lowest BCUT2D eigenvalue weighted by Crippen LogP contribution is -2.20. The van der Waals surface area contributed by atoms with Gasteiger partial charge in [0.1, 0.15) is 11.5 Å². The Morgan fingerprint density at radius 2 is 1.81 bits per heavy atom.